The number of ketones is 1. The van der Waals surface area contributed by atoms with Crippen LogP contribution < -0.4 is 0 Å². The highest BCUT2D eigenvalue weighted by atomic mass is 19.1. The van der Waals surface area contributed by atoms with E-state index in [9.17, 15) is 23.6 Å². The van der Waals surface area contributed by atoms with Gasteiger partial charge >= 0.3 is 17.9 Å². The molecule has 196 valence electrons. The molecule has 2 saturated carbocycles. The third-order valence-electron chi connectivity index (χ3n) is 8.85. The number of Topliss-reactive ketones (excluding diaryl/α,β-unsaturated/α-hetero) is 1. The smallest absolute Gasteiger partial charge is 0.341 e. The monoisotopic (exact) mass is 512 g/mol. The lowest BCUT2D eigenvalue weighted by atomic mass is 9.43. The van der Waals surface area contributed by atoms with E-state index < -0.39 is 64.5 Å². The average Bonchev–Trinajstić information content (AvgIpc) is 3.40. The Morgan fingerprint density at radius 3 is 2.54 bits per heavy atom. The van der Waals surface area contributed by atoms with E-state index in [0.717, 1.165) is 6.07 Å². The fraction of sp³-hybridized carbons (Fsp3) is 0.500. The van der Waals surface area contributed by atoms with Crippen molar-refractivity contribution in [1.29, 1.82) is 0 Å². The van der Waals surface area contributed by atoms with Gasteiger partial charge in [-0.1, -0.05) is 26.0 Å². The number of hydrogen-bond donors (Lipinski definition) is 0. The zero-order valence-electron chi connectivity index (χ0n) is 20.9. The number of hydrogen-bond acceptors (Lipinski definition) is 8. The predicted molar refractivity (Wildman–Crippen MR) is 125 cm³/mol. The fourth-order valence-corrected chi connectivity index (χ4v) is 7.08. The minimum Gasteiger partial charge on any atom is -0.472 e. The summed E-state index contributed by atoms with van der Waals surface area (Å²) in [6.07, 6.45) is 2.19. The van der Waals surface area contributed by atoms with Crippen LogP contribution in [0.3, 0.4) is 0 Å². The SMILES string of the molecule is COC(=O)[C@@H]1CC(OC(=O)c2ccccc2F)C(=O)[C@H]2[C@@]1(C)CC[C@H]1C(=O)O[C@H](c3ccoc3)C[C@]21C. The molecule has 37 heavy (non-hydrogen) atoms. The van der Waals surface area contributed by atoms with Crippen LogP contribution in [-0.2, 0) is 28.6 Å². The summed E-state index contributed by atoms with van der Waals surface area (Å²) in [4.78, 5) is 53.2. The third kappa shape index (κ3) is 3.95. The fourth-order valence-electron chi connectivity index (χ4n) is 7.08. The van der Waals surface area contributed by atoms with Crippen molar-refractivity contribution >= 4 is 23.7 Å². The predicted octanol–water partition coefficient (Wildman–Crippen LogP) is 4.43. The standard InChI is InChI=1S/C28H29FO8/c1-27-10-8-17-26(33)37-21(15-9-11-35-14-15)13-28(17,2)23(27)22(30)20(12-18(27)25(32)34-3)36-24(31)16-6-4-5-7-19(16)29/h4-7,9,11,14,17-18,20-21,23H,8,10,12-13H2,1-3H3/t17-,18-,20?,21-,23-,27-,28-/m0/s1. The van der Waals surface area contributed by atoms with Crippen LogP contribution in [0.15, 0.2) is 47.3 Å². The summed E-state index contributed by atoms with van der Waals surface area (Å²) in [5.41, 5.74) is -1.35. The van der Waals surface area contributed by atoms with Gasteiger partial charge < -0.3 is 18.6 Å². The van der Waals surface area contributed by atoms with Gasteiger partial charge in [-0.25, -0.2) is 9.18 Å². The number of carbonyl (C=O) groups excluding carboxylic acids is 4. The van der Waals surface area contributed by atoms with Crippen molar-refractivity contribution in [3.8, 4) is 0 Å². The molecule has 0 N–H and O–H groups in total. The Labute approximate surface area is 213 Å². The van der Waals surface area contributed by atoms with Gasteiger partial charge in [-0.2, -0.15) is 0 Å². The van der Waals surface area contributed by atoms with Gasteiger partial charge in [-0.3, -0.25) is 14.4 Å². The van der Waals surface area contributed by atoms with Gasteiger partial charge in [0, 0.05) is 17.9 Å². The molecular weight excluding hydrogens is 483 g/mol. The van der Waals surface area contributed by atoms with E-state index in [2.05, 4.69) is 0 Å². The quantitative estimate of drug-likeness (QED) is 0.437. The lowest BCUT2D eigenvalue weighted by molar-refractivity contribution is -0.208. The summed E-state index contributed by atoms with van der Waals surface area (Å²) < 4.78 is 35.9. The molecule has 2 aliphatic carbocycles. The molecule has 3 aliphatic rings. The van der Waals surface area contributed by atoms with E-state index >= 15 is 0 Å². The molecule has 2 heterocycles. The maximum atomic E-state index is 14.3. The van der Waals surface area contributed by atoms with Crippen LogP contribution in [0.5, 0.6) is 0 Å². The van der Waals surface area contributed by atoms with E-state index in [1.54, 1.807) is 6.07 Å². The van der Waals surface area contributed by atoms with Crippen molar-refractivity contribution in [3.05, 3.63) is 59.8 Å². The number of carbonyl (C=O) groups is 4. The van der Waals surface area contributed by atoms with Crippen LogP contribution in [0.2, 0.25) is 0 Å². The van der Waals surface area contributed by atoms with Crippen molar-refractivity contribution in [2.45, 2.75) is 51.7 Å². The van der Waals surface area contributed by atoms with Crippen molar-refractivity contribution in [2.75, 3.05) is 7.11 Å². The lowest BCUT2D eigenvalue weighted by Gasteiger charge is -2.61. The Morgan fingerprint density at radius 1 is 1.11 bits per heavy atom. The molecule has 0 amide bonds. The maximum absolute atomic E-state index is 14.3. The first kappa shape index (κ1) is 25.2. The van der Waals surface area contributed by atoms with Gasteiger partial charge in [0.1, 0.15) is 11.9 Å². The van der Waals surface area contributed by atoms with E-state index in [0.29, 0.717) is 24.8 Å². The minimum atomic E-state index is -1.30. The van der Waals surface area contributed by atoms with Crippen LogP contribution >= 0.6 is 0 Å². The summed E-state index contributed by atoms with van der Waals surface area (Å²) in [5.74, 6) is -5.20. The first-order valence-electron chi connectivity index (χ1n) is 12.4. The highest BCUT2D eigenvalue weighted by Gasteiger charge is 2.67. The highest BCUT2D eigenvalue weighted by Crippen LogP contribution is 2.65. The topological polar surface area (TPSA) is 109 Å². The summed E-state index contributed by atoms with van der Waals surface area (Å²) in [7, 11) is 1.28. The number of rotatable bonds is 4. The summed E-state index contributed by atoms with van der Waals surface area (Å²) >= 11 is 0. The van der Waals surface area contributed by atoms with E-state index in [-0.39, 0.29) is 17.8 Å². The summed E-state index contributed by atoms with van der Waals surface area (Å²) in [6.45, 7) is 3.75. The molecular formula is C28H29FO8. The number of cyclic esters (lactones) is 1. The number of furan rings is 1. The van der Waals surface area contributed by atoms with Crippen molar-refractivity contribution in [3.63, 3.8) is 0 Å². The number of halogens is 1. The molecule has 2 aromatic rings. The first-order valence-corrected chi connectivity index (χ1v) is 12.4. The molecule has 1 aromatic heterocycles. The lowest BCUT2D eigenvalue weighted by Crippen LogP contribution is -2.64. The van der Waals surface area contributed by atoms with Crippen molar-refractivity contribution in [1.82, 2.24) is 0 Å². The Bertz CT molecular complexity index is 1240. The molecule has 7 atom stereocenters. The van der Waals surface area contributed by atoms with Crippen LogP contribution in [0.4, 0.5) is 4.39 Å². The normalized spacial score (nSPS) is 35.1. The van der Waals surface area contributed by atoms with E-state index in [4.69, 9.17) is 18.6 Å². The molecule has 0 bridgehead atoms. The van der Waals surface area contributed by atoms with Crippen LogP contribution in [0.1, 0.15) is 61.6 Å². The number of fused-ring (bicyclic) bond motifs is 3. The molecule has 0 radical (unpaired) electrons. The molecule has 1 aliphatic heterocycles. The summed E-state index contributed by atoms with van der Waals surface area (Å²) in [6, 6.07) is 7.05. The minimum absolute atomic E-state index is 0.0744. The summed E-state index contributed by atoms with van der Waals surface area (Å²) in [5, 5.41) is 0. The molecule has 1 saturated heterocycles. The maximum Gasteiger partial charge on any atom is 0.341 e. The van der Waals surface area contributed by atoms with Gasteiger partial charge in [-0.15, -0.1) is 0 Å². The van der Waals surface area contributed by atoms with E-state index in [1.165, 1.54) is 37.8 Å². The molecule has 0 spiro atoms. The second-order valence-corrected chi connectivity index (χ2v) is 10.8. The van der Waals surface area contributed by atoms with Crippen molar-refractivity contribution in [2.24, 2.45) is 28.6 Å². The van der Waals surface area contributed by atoms with E-state index in [1.807, 2.05) is 13.8 Å². The second-order valence-electron chi connectivity index (χ2n) is 10.8. The molecule has 8 nitrogen and oxygen atoms in total. The number of ether oxygens (including phenoxy) is 3. The Kier molecular flexibility index (Phi) is 6.20. The number of esters is 3. The largest absolute Gasteiger partial charge is 0.472 e. The second kappa shape index (κ2) is 9.11. The molecule has 5 rings (SSSR count). The van der Waals surface area contributed by atoms with Gasteiger partial charge in [0.25, 0.3) is 0 Å². The molecule has 3 fully saturated rings. The first-order chi connectivity index (χ1) is 17.6. The van der Waals surface area contributed by atoms with Gasteiger partial charge in [-0.05, 0) is 48.3 Å². The van der Waals surface area contributed by atoms with Gasteiger partial charge in [0.05, 0.1) is 37.0 Å². The molecule has 9 heteroatoms. The van der Waals surface area contributed by atoms with Gasteiger partial charge in [0.15, 0.2) is 11.9 Å². The van der Waals surface area contributed by atoms with Crippen LogP contribution in [0.25, 0.3) is 0 Å². The Hall–Kier alpha value is -3.49. The van der Waals surface area contributed by atoms with Crippen molar-refractivity contribution < 1.29 is 42.2 Å². The molecule has 1 unspecified atom stereocenters. The number of benzene rings is 1. The van der Waals surface area contributed by atoms with Crippen LogP contribution in [0, 0.1) is 34.4 Å². The number of methoxy groups -OCH3 is 1. The third-order valence-corrected chi connectivity index (χ3v) is 8.85. The average molecular weight is 513 g/mol. The Morgan fingerprint density at radius 2 is 1.86 bits per heavy atom. The zero-order valence-corrected chi connectivity index (χ0v) is 20.9. The van der Waals surface area contributed by atoms with Gasteiger partial charge in [0.2, 0.25) is 0 Å². The molecule has 1 aromatic carbocycles. The Balaban J connectivity index is 1.54. The highest BCUT2D eigenvalue weighted by molar-refractivity contribution is 5.96. The zero-order chi connectivity index (χ0) is 26.5. The van der Waals surface area contributed by atoms with Crippen LogP contribution in [-0.4, -0.2) is 36.9 Å².